The molecule has 0 saturated carbocycles. The molecule has 0 aliphatic heterocycles. The molecule has 0 saturated heterocycles. The Bertz CT molecular complexity index is 963. The molecule has 0 unspecified atom stereocenters. The molecule has 0 bridgehead atoms. The highest BCUT2D eigenvalue weighted by Gasteiger charge is 2.14. The Morgan fingerprint density at radius 3 is 2.48 bits per heavy atom. The van der Waals surface area contributed by atoms with Crippen molar-refractivity contribution in [2.45, 2.75) is 0 Å². The average molecular weight is 315 g/mol. The van der Waals surface area contributed by atoms with Crippen LogP contribution in [-0.4, -0.2) is 24.3 Å². The second kappa shape index (κ2) is 5.31. The highest BCUT2D eigenvalue weighted by molar-refractivity contribution is 5.86. The van der Waals surface area contributed by atoms with Gasteiger partial charge in [0.15, 0.2) is 16.8 Å². The zero-order valence-corrected chi connectivity index (χ0v) is 12.5. The number of nitrogens with zero attached hydrogens (tertiary/aromatic N) is 1. The first-order valence-electron chi connectivity index (χ1n) is 6.84. The number of anilines is 1. The second-order valence-electron chi connectivity index (χ2n) is 5.35. The van der Waals surface area contributed by atoms with Gasteiger partial charge in [0.05, 0.1) is 11.1 Å². The monoisotopic (exact) mass is 315 g/mol. The molecule has 118 valence electrons. The van der Waals surface area contributed by atoms with E-state index in [1.165, 1.54) is 24.3 Å². The van der Waals surface area contributed by atoms with Gasteiger partial charge in [0.25, 0.3) is 0 Å². The summed E-state index contributed by atoms with van der Waals surface area (Å²) in [6, 6.07) is 8.22. The van der Waals surface area contributed by atoms with Crippen LogP contribution >= 0.6 is 0 Å². The van der Waals surface area contributed by atoms with Gasteiger partial charge in [-0.05, 0) is 30.3 Å². The Labute approximate surface area is 130 Å². The van der Waals surface area contributed by atoms with Crippen LogP contribution in [0, 0.1) is 5.82 Å². The van der Waals surface area contributed by atoms with E-state index < -0.39 is 22.7 Å². The summed E-state index contributed by atoms with van der Waals surface area (Å²) in [5.41, 5.74) is 0.227. The maximum Gasteiger partial charge on any atom is 0.201 e. The van der Waals surface area contributed by atoms with Crippen molar-refractivity contribution in [2.24, 2.45) is 0 Å². The summed E-state index contributed by atoms with van der Waals surface area (Å²) < 4.78 is 19.6. The summed E-state index contributed by atoms with van der Waals surface area (Å²) in [6.45, 7) is 0. The van der Waals surface area contributed by atoms with Crippen LogP contribution in [0.4, 0.5) is 10.1 Å². The Balaban J connectivity index is 2.23. The van der Waals surface area contributed by atoms with Crippen LogP contribution in [0.15, 0.2) is 45.6 Å². The molecule has 3 rings (SSSR count). The zero-order valence-electron chi connectivity index (χ0n) is 12.5. The molecule has 5 nitrogen and oxygen atoms in total. The molecule has 3 aromatic rings. The minimum atomic E-state index is -0.521. The molecule has 0 spiro atoms. The van der Waals surface area contributed by atoms with Gasteiger partial charge in [0.2, 0.25) is 5.75 Å². The van der Waals surface area contributed by atoms with Crippen LogP contribution in [0.2, 0.25) is 0 Å². The molecule has 0 radical (unpaired) electrons. The average Bonchev–Trinajstić information content (AvgIpc) is 2.50. The van der Waals surface area contributed by atoms with Gasteiger partial charge >= 0.3 is 0 Å². The van der Waals surface area contributed by atoms with Crippen LogP contribution in [0.3, 0.4) is 0 Å². The summed E-state index contributed by atoms with van der Waals surface area (Å²) in [5.74, 6) is -1.28. The summed E-state index contributed by atoms with van der Waals surface area (Å²) in [6.07, 6.45) is 0. The molecule has 0 fully saturated rings. The first kappa shape index (κ1) is 14.9. The van der Waals surface area contributed by atoms with Crippen molar-refractivity contribution in [2.75, 3.05) is 19.0 Å². The van der Waals surface area contributed by atoms with Crippen molar-refractivity contribution in [3.05, 3.63) is 52.4 Å². The van der Waals surface area contributed by atoms with Crippen molar-refractivity contribution in [1.29, 1.82) is 0 Å². The third-order valence-corrected chi connectivity index (χ3v) is 3.56. The van der Waals surface area contributed by atoms with Crippen LogP contribution in [0.25, 0.3) is 22.3 Å². The number of halogens is 1. The quantitative estimate of drug-likeness (QED) is 0.711. The van der Waals surface area contributed by atoms with Crippen LogP contribution in [0.1, 0.15) is 0 Å². The molecule has 2 aromatic carbocycles. The molecule has 6 heteroatoms. The molecule has 1 aromatic heterocycles. The minimum Gasteiger partial charge on any atom is -0.504 e. The number of aromatic hydroxyl groups is 2. The number of phenols is 2. The fourth-order valence-electron chi connectivity index (χ4n) is 2.36. The zero-order chi connectivity index (χ0) is 16.7. The van der Waals surface area contributed by atoms with Gasteiger partial charge in [-0.25, -0.2) is 4.39 Å². The third kappa shape index (κ3) is 2.48. The molecule has 0 aliphatic rings. The van der Waals surface area contributed by atoms with Gasteiger partial charge in [0.1, 0.15) is 11.6 Å². The molecule has 2 N–H and O–H groups in total. The van der Waals surface area contributed by atoms with Gasteiger partial charge in [-0.1, -0.05) is 0 Å². The Kier molecular flexibility index (Phi) is 3.44. The maximum absolute atomic E-state index is 14.1. The Hall–Kier alpha value is -3.02. The number of hydrogen-bond donors (Lipinski definition) is 2. The normalized spacial score (nSPS) is 10.9. The first-order chi connectivity index (χ1) is 10.9. The number of phenolic OH excluding ortho intramolecular Hbond substituents is 2. The third-order valence-electron chi connectivity index (χ3n) is 3.56. The van der Waals surface area contributed by atoms with Gasteiger partial charge in [-0.15, -0.1) is 0 Å². The lowest BCUT2D eigenvalue weighted by atomic mass is 10.1. The second-order valence-corrected chi connectivity index (χ2v) is 5.35. The fraction of sp³-hybridized carbons (Fsp3) is 0.118. The Morgan fingerprint density at radius 2 is 1.83 bits per heavy atom. The smallest absolute Gasteiger partial charge is 0.201 e. The lowest BCUT2D eigenvalue weighted by Gasteiger charge is -2.14. The number of benzene rings is 2. The van der Waals surface area contributed by atoms with Crippen molar-refractivity contribution >= 4 is 16.7 Å². The molecule has 23 heavy (non-hydrogen) atoms. The molecular weight excluding hydrogens is 301 g/mol. The van der Waals surface area contributed by atoms with E-state index in [-0.39, 0.29) is 16.7 Å². The van der Waals surface area contributed by atoms with Crippen LogP contribution in [-0.2, 0) is 0 Å². The van der Waals surface area contributed by atoms with E-state index in [1.54, 1.807) is 31.1 Å². The van der Waals surface area contributed by atoms with E-state index in [2.05, 4.69) is 0 Å². The predicted molar refractivity (Wildman–Crippen MR) is 85.5 cm³/mol. The SMILES string of the molecule is CN(C)c1ccc(-c2cc(=O)c3ccc(O)c(O)c3o2)cc1F. The van der Waals surface area contributed by atoms with E-state index in [4.69, 9.17) is 4.42 Å². The summed E-state index contributed by atoms with van der Waals surface area (Å²) in [7, 11) is 3.43. The summed E-state index contributed by atoms with van der Waals surface area (Å²) in [5, 5.41) is 19.5. The van der Waals surface area contributed by atoms with E-state index in [1.807, 2.05) is 0 Å². The van der Waals surface area contributed by atoms with E-state index >= 15 is 0 Å². The lowest BCUT2D eigenvalue weighted by Crippen LogP contribution is -2.10. The van der Waals surface area contributed by atoms with E-state index in [0.717, 1.165) is 0 Å². The van der Waals surface area contributed by atoms with Gasteiger partial charge < -0.3 is 19.5 Å². The molecule has 0 amide bonds. The first-order valence-corrected chi connectivity index (χ1v) is 6.84. The van der Waals surface area contributed by atoms with Gasteiger partial charge in [-0.3, -0.25) is 4.79 Å². The predicted octanol–water partition coefficient (Wildman–Crippen LogP) is 3.08. The highest BCUT2D eigenvalue weighted by Crippen LogP contribution is 2.34. The van der Waals surface area contributed by atoms with Crippen molar-refractivity contribution in [3.63, 3.8) is 0 Å². The van der Waals surface area contributed by atoms with Crippen LogP contribution < -0.4 is 10.3 Å². The number of rotatable bonds is 2. The molecule has 0 aliphatic carbocycles. The van der Waals surface area contributed by atoms with E-state index in [9.17, 15) is 19.4 Å². The Morgan fingerprint density at radius 1 is 1.09 bits per heavy atom. The van der Waals surface area contributed by atoms with Crippen molar-refractivity contribution in [1.82, 2.24) is 0 Å². The molecule has 0 atom stereocenters. The highest BCUT2D eigenvalue weighted by atomic mass is 19.1. The lowest BCUT2D eigenvalue weighted by molar-refractivity contribution is 0.400. The minimum absolute atomic E-state index is 0.104. The maximum atomic E-state index is 14.1. The van der Waals surface area contributed by atoms with Crippen LogP contribution in [0.5, 0.6) is 11.5 Å². The fourth-order valence-corrected chi connectivity index (χ4v) is 2.36. The van der Waals surface area contributed by atoms with Gasteiger partial charge in [-0.2, -0.15) is 0 Å². The van der Waals surface area contributed by atoms with Gasteiger partial charge in [0, 0.05) is 25.7 Å². The topological polar surface area (TPSA) is 73.9 Å². The molecular formula is C17H14FNO4. The summed E-state index contributed by atoms with van der Waals surface area (Å²) >= 11 is 0. The summed E-state index contributed by atoms with van der Waals surface area (Å²) in [4.78, 5) is 13.8. The van der Waals surface area contributed by atoms with Crippen molar-refractivity contribution in [3.8, 4) is 22.8 Å². The van der Waals surface area contributed by atoms with E-state index in [0.29, 0.717) is 11.3 Å². The number of hydrogen-bond acceptors (Lipinski definition) is 5. The largest absolute Gasteiger partial charge is 0.504 e. The number of fused-ring (bicyclic) bond motifs is 1. The standard InChI is InChI=1S/C17H14FNO4/c1-19(2)12-5-3-9(7-11(12)18)15-8-14(21)10-4-6-13(20)16(22)17(10)23-15/h3-8,20,22H,1-2H3. The van der Waals surface area contributed by atoms with Crippen molar-refractivity contribution < 1.29 is 19.0 Å². The molecule has 1 heterocycles.